The van der Waals surface area contributed by atoms with Gasteiger partial charge in [0.05, 0.1) is 36.5 Å². The number of carbonyl (C=O) groups is 1. The van der Waals surface area contributed by atoms with Crippen LogP contribution in [0.2, 0.25) is 0 Å². The van der Waals surface area contributed by atoms with Crippen LogP contribution in [0.5, 0.6) is 0 Å². The van der Waals surface area contributed by atoms with Crippen LogP contribution in [0.4, 0.5) is 14.5 Å². The number of hydrogen-bond acceptors (Lipinski definition) is 5. The van der Waals surface area contributed by atoms with E-state index in [1.54, 1.807) is 17.0 Å². The lowest BCUT2D eigenvalue weighted by Crippen LogP contribution is -2.41. The Labute approximate surface area is 149 Å². The number of carbonyl (C=O) groups excluding carboxylic acids is 1. The summed E-state index contributed by atoms with van der Waals surface area (Å²) < 4.78 is 55.5. The maximum atomic E-state index is 13.7. The van der Waals surface area contributed by atoms with Crippen LogP contribution in [-0.2, 0) is 21.2 Å². The average Bonchev–Trinajstić information content (AvgIpc) is 3.19. The molecule has 1 saturated heterocycles. The molecule has 2 aromatic rings. The van der Waals surface area contributed by atoms with Gasteiger partial charge in [-0.15, -0.1) is 0 Å². The number of hydrogen-bond donors (Lipinski definition) is 1. The molecule has 140 valence electrons. The second kappa shape index (κ2) is 7.55. The molecule has 0 unspecified atom stereocenters. The third-order valence-corrected chi connectivity index (χ3v) is 5.97. The first-order valence-corrected chi connectivity index (χ1v) is 9.86. The molecule has 6 nitrogen and oxygen atoms in total. The lowest BCUT2D eigenvalue weighted by Gasteiger charge is -2.26. The summed E-state index contributed by atoms with van der Waals surface area (Å²) in [4.78, 5) is 14.0. The number of furan rings is 1. The number of halogens is 2. The molecule has 1 aromatic heterocycles. The number of rotatable bonds is 6. The Kier molecular flexibility index (Phi) is 5.38. The van der Waals surface area contributed by atoms with Crippen LogP contribution < -0.4 is 5.32 Å². The first-order chi connectivity index (χ1) is 12.3. The Morgan fingerprint density at radius 2 is 2.12 bits per heavy atom. The smallest absolute Gasteiger partial charge is 0.238 e. The molecule has 2 heterocycles. The zero-order valence-electron chi connectivity index (χ0n) is 13.8. The number of benzene rings is 1. The highest BCUT2D eigenvalue weighted by atomic mass is 32.2. The molecule has 0 spiro atoms. The van der Waals surface area contributed by atoms with E-state index in [0.717, 1.165) is 12.1 Å². The summed E-state index contributed by atoms with van der Waals surface area (Å²) in [6.45, 7) is 0.115. The van der Waals surface area contributed by atoms with Crippen LogP contribution >= 0.6 is 0 Å². The van der Waals surface area contributed by atoms with Gasteiger partial charge in [0.1, 0.15) is 17.4 Å². The van der Waals surface area contributed by atoms with Crippen molar-refractivity contribution in [3.8, 4) is 0 Å². The van der Waals surface area contributed by atoms with E-state index in [2.05, 4.69) is 5.32 Å². The van der Waals surface area contributed by atoms with E-state index < -0.39 is 27.4 Å². The molecule has 1 amide bonds. The molecule has 1 fully saturated rings. The minimum atomic E-state index is -3.13. The number of nitrogens with one attached hydrogen (secondary N) is 1. The van der Waals surface area contributed by atoms with Crippen molar-refractivity contribution in [1.82, 2.24) is 4.90 Å². The van der Waals surface area contributed by atoms with Crippen molar-refractivity contribution >= 4 is 21.4 Å². The Morgan fingerprint density at radius 1 is 1.31 bits per heavy atom. The maximum absolute atomic E-state index is 13.7. The van der Waals surface area contributed by atoms with Gasteiger partial charge in [-0.3, -0.25) is 9.69 Å². The van der Waals surface area contributed by atoms with E-state index in [4.69, 9.17) is 4.42 Å². The topological polar surface area (TPSA) is 79.6 Å². The van der Waals surface area contributed by atoms with Gasteiger partial charge < -0.3 is 9.73 Å². The van der Waals surface area contributed by atoms with Crippen LogP contribution in [-0.4, -0.2) is 43.3 Å². The van der Waals surface area contributed by atoms with Crippen molar-refractivity contribution in [3.63, 3.8) is 0 Å². The number of nitrogens with zero attached hydrogens (tertiary/aromatic N) is 1. The molecule has 1 aliphatic heterocycles. The lowest BCUT2D eigenvalue weighted by molar-refractivity contribution is -0.118. The summed E-state index contributed by atoms with van der Waals surface area (Å²) in [7, 11) is -3.13. The van der Waals surface area contributed by atoms with Gasteiger partial charge in [0.2, 0.25) is 5.91 Å². The third kappa shape index (κ3) is 4.67. The Morgan fingerprint density at radius 3 is 2.73 bits per heavy atom. The molecule has 9 heteroatoms. The second-order valence-corrected chi connectivity index (χ2v) is 8.44. The number of amides is 1. The molecule has 1 N–H and O–H groups in total. The van der Waals surface area contributed by atoms with Crippen molar-refractivity contribution < 1.29 is 26.4 Å². The fourth-order valence-electron chi connectivity index (χ4n) is 2.95. The monoisotopic (exact) mass is 384 g/mol. The molecular weight excluding hydrogens is 366 g/mol. The number of sulfone groups is 1. The summed E-state index contributed by atoms with van der Waals surface area (Å²) in [6.07, 6.45) is 1.91. The van der Waals surface area contributed by atoms with Crippen molar-refractivity contribution in [2.24, 2.45) is 0 Å². The second-order valence-electron chi connectivity index (χ2n) is 6.21. The molecule has 0 saturated carbocycles. The summed E-state index contributed by atoms with van der Waals surface area (Å²) in [6, 6.07) is 5.97. The first-order valence-electron chi connectivity index (χ1n) is 8.04. The Hall–Kier alpha value is -2.26. The molecule has 1 aromatic carbocycles. The highest BCUT2D eigenvalue weighted by Gasteiger charge is 2.33. The number of anilines is 1. The van der Waals surface area contributed by atoms with Gasteiger partial charge >= 0.3 is 0 Å². The van der Waals surface area contributed by atoms with Gasteiger partial charge in [-0.05, 0) is 30.7 Å². The standard InChI is InChI=1S/C17H18F2N2O4S/c18-12-3-4-16(15(19)8-12)20-17(22)10-21(9-14-2-1-6-25-14)13-5-7-26(23,24)11-13/h1-4,6,8,13H,5,7,9-11H2,(H,20,22)/t13-/m0/s1. The molecule has 1 atom stereocenters. The van der Waals surface area contributed by atoms with Gasteiger partial charge in [0.15, 0.2) is 9.84 Å². The fraction of sp³-hybridized carbons (Fsp3) is 0.353. The van der Waals surface area contributed by atoms with Crippen LogP contribution in [0.15, 0.2) is 41.0 Å². The highest BCUT2D eigenvalue weighted by molar-refractivity contribution is 7.91. The zero-order chi connectivity index (χ0) is 18.7. The minimum Gasteiger partial charge on any atom is -0.468 e. The fourth-order valence-corrected chi connectivity index (χ4v) is 4.71. The van der Waals surface area contributed by atoms with Gasteiger partial charge in [-0.1, -0.05) is 0 Å². The molecule has 3 rings (SSSR count). The predicted octanol–water partition coefficient (Wildman–Crippen LogP) is 2.19. The summed E-state index contributed by atoms with van der Waals surface area (Å²) >= 11 is 0. The summed E-state index contributed by atoms with van der Waals surface area (Å²) in [5.41, 5.74) is -0.131. The van der Waals surface area contributed by atoms with Crippen molar-refractivity contribution in [3.05, 3.63) is 54.0 Å². The van der Waals surface area contributed by atoms with E-state index >= 15 is 0 Å². The maximum Gasteiger partial charge on any atom is 0.238 e. The Balaban J connectivity index is 1.71. The summed E-state index contributed by atoms with van der Waals surface area (Å²) in [5.74, 6) is -1.51. The highest BCUT2D eigenvalue weighted by Crippen LogP contribution is 2.21. The van der Waals surface area contributed by atoms with Crippen LogP contribution in [0.3, 0.4) is 0 Å². The van der Waals surface area contributed by atoms with Crippen LogP contribution in [0, 0.1) is 11.6 Å². The Bertz CT molecular complexity index is 884. The van der Waals surface area contributed by atoms with Gasteiger partial charge in [-0.25, -0.2) is 17.2 Å². The quantitative estimate of drug-likeness (QED) is 0.826. The van der Waals surface area contributed by atoms with Gasteiger partial charge in [-0.2, -0.15) is 0 Å². The average molecular weight is 384 g/mol. The molecule has 0 radical (unpaired) electrons. The van der Waals surface area contributed by atoms with E-state index in [0.29, 0.717) is 18.2 Å². The normalized spacial score (nSPS) is 19.0. The van der Waals surface area contributed by atoms with E-state index in [-0.39, 0.29) is 36.3 Å². The van der Waals surface area contributed by atoms with Crippen molar-refractivity contribution in [1.29, 1.82) is 0 Å². The largest absolute Gasteiger partial charge is 0.468 e. The van der Waals surface area contributed by atoms with E-state index in [1.165, 1.54) is 6.26 Å². The molecular formula is C17H18F2N2O4S. The van der Waals surface area contributed by atoms with Crippen molar-refractivity contribution in [2.45, 2.75) is 19.0 Å². The SMILES string of the molecule is O=C(CN(Cc1ccco1)[C@H]1CCS(=O)(=O)C1)Nc1ccc(F)cc1F. The minimum absolute atomic E-state index is 0.0358. The molecule has 0 aliphatic carbocycles. The van der Waals surface area contributed by atoms with E-state index in [9.17, 15) is 22.0 Å². The lowest BCUT2D eigenvalue weighted by atomic mass is 10.2. The molecule has 1 aliphatic rings. The zero-order valence-corrected chi connectivity index (χ0v) is 14.6. The van der Waals surface area contributed by atoms with E-state index in [1.807, 2.05) is 0 Å². The summed E-state index contributed by atoms with van der Waals surface area (Å²) in [5, 5.41) is 2.39. The van der Waals surface area contributed by atoms with Crippen molar-refractivity contribution in [2.75, 3.05) is 23.4 Å². The van der Waals surface area contributed by atoms with Crippen LogP contribution in [0.1, 0.15) is 12.2 Å². The van der Waals surface area contributed by atoms with Gasteiger partial charge in [0, 0.05) is 12.1 Å². The predicted molar refractivity (Wildman–Crippen MR) is 91.2 cm³/mol. The molecule has 0 bridgehead atoms. The first kappa shape index (κ1) is 18.5. The third-order valence-electron chi connectivity index (χ3n) is 4.22. The molecule has 26 heavy (non-hydrogen) atoms. The van der Waals surface area contributed by atoms with Gasteiger partial charge in [0.25, 0.3) is 0 Å². The van der Waals surface area contributed by atoms with Crippen LogP contribution in [0.25, 0.3) is 0 Å².